The van der Waals surface area contributed by atoms with Crippen LogP contribution < -0.4 is 37.3 Å². The highest BCUT2D eigenvalue weighted by molar-refractivity contribution is 5.24. The number of hydrogen-bond donors (Lipinski definition) is 7. The molecule has 8 aliphatic heterocycles. The topological polar surface area (TPSA) is 157 Å². The van der Waals surface area contributed by atoms with Gasteiger partial charge in [-0.1, -0.05) is 50.5 Å². The van der Waals surface area contributed by atoms with E-state index in [1.807, 2.05) is 35.1 Å². The van der Waals surface area contributed by atoms with Crippen LogP contribution in [0.1, 0.15) is 78.6 Å². The van der Waals surface area contributed by atoms with Crippen molar-refractivity contribution in [2.45, 2.75) is 121 Å². The molecule has 0 amide bonds. The monoisotopic (exact) mass is 822 g/mol. The van der Waals surface area contributed by atoms with E-state index in [1.54, 1.807) is 5.57 Å². The van der Waals surface area contributed by atoms with Crippen molar-refractivity contribution in [3.05, 3.63) is 23.3 Å². The van der Waals surface area contributed by atoms with Crippen molar-refractivity contribution in [1.29, 1.82) is 10.5 Å². The zero-order valence-electron chi connectivity index (χ0n) is 37.9. The van der Waals surface area contributed by atoms with E-state index in [9.17, 15) is 5.26 Å². The summed E-state index contributed by atoms with van der Waals surface area (Å²) >= 11 is 0. The number of ether oxygens (including phenoxy) is 2. The molecule has 13 nitrogen and oxygen atoms in total. The third-order valence-electron chi connectivity index (χ3n) is 14.6. The number of hydrogen-bond acceptors (Lipinski definition) is 13. The van der Waals surface area contributed by atoms with Crippen LogP contribution in [0.3, 0.4) is 0 Å². The van der Waals surface area contributed by atoms with Gasteiger partial charge < -0.3 is 41.4 Å². The fourth-order valence-electron chi connectivity index (χ4n) is 11.5. The summed E-state index contributed by atoms with van der Waals surface area (Å²) in [5.41, 5.74) is 6.28. The number of piperidine rings is 2. The predicted octanol–water partition coefficient (Wildman–Crippen LogP) is 3.00. The van der Waals surface area contributed by atoms with Crippen LogP contribution in [0.5, 0.6) is 0 Å². The first-order valence-corrected chi connectivity index (χ1v) is 23.6. The summed E-state index contributed by atoms with van der Waals surface area (Å²) in [6.45, 7) is 18.3. The number of nitrogens with one attached hydrogen (secondary N) is 7. The Morgan fingerprint density at radius 1 is 0.695 bits per heavy atom. The van der Waals surface area contributed by atoms with Crippen LogP contribution in [0.4, 0.5) is 0 Å². The molecule has 59 heavy (non-hydrogen) atoms. The van der Waals surface area contributed by atoms with Crippen molar-refractivity contribution < 1.29 is 9.47 Å². The van der Waals surface area contributed by atoms with Gasteiger partial charge in [0.2, 0.25) is 0 Å². The van der Waals surface area contributed by atoms with E-state index in [0.717, 1.165) is 77.5 Å². The minimum absolute atomic E-state index is 0.0906. The molecule has 1 saturated carbocycles. The Bertz CT molecular complexity index is 1290. The maximum atomic E-state index is 9.18. The molecule has 0 aromatic heterocycles. The second kappa shape index (κ2) is 25.2. The van der Waals surface area contributed by atoms with Gasteiger partial charge in [-0.2, -0.15) is 10.5 Å². The number of methoxy groups -OCH3 is 2. The molecule has 0 radical (unpaired) electrons. The molecule has 13 atom stereocenters. The fourth-order valence-corrected chi connectivity index (χ4v) is 11.5. The molecule has 1 aliphatic carbocycles. The lowest BCUT2D eigenvalue weighted by Gasteiger charge is -2.43. The van der Waals surface area contributed by atoms with Crippen LogP contribution >= 0.6 is 0 Å². The predicted molar refractivity (Wildman–Crippen MR) is 238 cm³/mol. The SMILES string of the molecule is C1CCNCC1.CC.CN1CC(C#N)C2NCC(C3=CCCNC3)C21.CN1NC(C#N)C2NCC(C3=CCCNC3)C21.COC1CC(C2CCCNC2)C(OC)CC1C. The van der Waals surface area contributed by atoms with E-state index < -0.39 is 0 Å². The molecule has 13 unspecified atom stereocenters. The van der Waals surface area contributed by atoms with E-state index in [0.29, 0.717) is 54.0 Å². The molecule has 7 N–H and O–H groups in total. The van der Waals surface area contributed by atoms with Crippen LogP contribution in [0.2, 0.25) is 0 Å². The lowest BCUT2D eigenvalue weighted by atomic mass is 9.71. The van der Waals surface area contributed by atoms with E-state index >= 15 is 0 Å². The van der Waals surface area contributed by atoms with Crippen molar-refractivity contribution in [1.82, 2.24) is 47.2 Å². The van der Waals surface area contributed by atoms with Crippen LogP contribution in [0.25, 0.3) is 0 Å². The van der Waals surface area contributed by atoms with Gasteiger partial charge in [-0.15, -0.1) is 0 Å². The summed E-state index contributed by atoms with van der Waals surface area (Å²) in [5.74, 6) is 3.36. The van der Waals surface area contributed by atoms with Crippen molar-refractivity contribution in [2.75, 3.05) is 100 Å². The molecular formula is C46H83N11O2. The number of fused-ring (bicyclic) bond motifs is 2. The number of nitrogens with zero attached hydrogens (tertiary/aromatic N) is 4. The molecule has 9 rings (SSSR count). The van der Waals surface area contributed by atoms with Crippen molar-refractivity contribution >= 4 is 0 Å². The van der Waals surface area contributed by atoms with Crippen LogP contribution in [-0.4, -0.2) is 153 Å². The molecule has 0 spiro atoms. The molecule has 7 fully saturated rings. The van der Waals surface area contributed by atoms with Gasteiger partial charge in [0, 0.05) is 84.0 Å². The Labute approximate surface area is 358 Å². The zero-order valence-corrected chi connectivity index (χ0v) is 37.9. The maximum Gasteiger partial charge on any atom is 0.125 e. The van der Waals surface area contributed by atoms with E-state index in [1.165, 1.54) is 63.7 Å². The summed E-state index contributed by atoms with van der Waals surface area (Å²) in [6, 6.07) is 6.26. The number of likely N-dealkylation sites (tertiary alicyclic amines) is 1. The quantitative estimate of drug-likeness (QED) is 0.204. The third-order valence-corrected chi connectivity index (χ3v) is 14.6. The smallest absolute Gasteiger partial charge is 0.125 e. The van der Waals surface area contributed by atoms with Gasteiger partial charge in [-0.25, -0.2) is 10.4 Å². The standard InChI is InChI=1S/C14H27NO2.C13H20N4.C12H19N5.C5H11N.C2H6/c1-10-7-14(17-3)12(8-13(10)16-2)11-5-4-6-15-9-11;1-17-8-10(5-14)12-13(17)11(7-16-12)9-3-2-4-15-6-9;1-17-12-9(8-3-2-4-14-6-8)7-15-11(12)10(5-13)16-17;1-2-4-6-5-3-1;1-2/h10-15H,4-9H2,1-3H3;3,10-13,15-16H,2,4,6-8H2,1H3;3,9-12,14-16H,2,4,6-7H2,1H3;6H,1-5H2;1-2H3. The lowest BCUT2D eigenvalue weighted by Crippen LogP contribution is -2.46. The van der Waals surface area contributed by atoms with Crippen molar-refractivity contribution in [3.63, 3.8) is 0 Å². The summed E-state index contributed by atoms with van der Waals surface area (Å²) in [6.07, 6.45) is 17.1. The average molecular weight is 822 g/mol. The van der Waals surface area contributed by atoms with Gasteiger partial charge in [-0.3, -0.25) is 4.90 Å². The van der Waals surface area contributed by atoms with Crippen LogP contribution in [0, 0.1) is 58.2 Å². The zero-order chi connectivity index (χ0) is 42.1. The Morgan fingerprint density at radius 2 is 1.32 bits per heavy atom. The first-order chi connectivity index (χ1) is 28.9. The number of likely N-dealkylation sites (N-methyl/N-ethyl adjacent to an activating group) is 2. The van der Waals surface area contributed by atoms with Gasteiger partial charge in [-0.05, 0) is 115 Å². The van der Waals surface area contributed by atoms with Crippen LogP contribution in [-0.2, 0) is 9.47 Å². The molecule has 0 aromatic rings. The molecule has 8 heterocycles. The van der Waals surface area contributed by atoms with Gasteiger partial charge in [0.15, 0.2) is 0 Å². The van der Waals surface area contributed by atoms with E-state index in [2.05, 4.69) is 85.5 Å². The number of rotatable bonds is 5. The third kappa shape index (κ3) is 12.6. The molecule has 0 aromatic carbocycles. The normalized spacial score (nSPS) is 39.3. The van der Waals surface area contributed by atoms with Gasteiger partial charge >= 0.3 is 0 Å². The maximum absolute atomic E-state index is 9.18. The fraction of sp³-hybridized carbons (Fsp3) is 0.870. The van der Waals surface area contributed by atoms with Gasteiger partial charge in [0.25, 0.3) is 0 Å². The number of hydrazine groups is 1. The lowest BCUT2D eigenvalue weighted by molar-refractivity contribution is -0.0810. The molecule has 334 valence electrons. The van der Waals surface area contributed by atoms with Gasteiger partial charge in [0.1, 0.15) is 6.04 Å². The van der Waals surface area contributed by atoms with E-state index in [4.69, 9.17) is 14.7 Å². The highest BCUT2D eigenvalue weighted by atomic mass is 16.5. The summed E-state index contributed by atoms with van der Waals surface area (Å²) in [7, 11) is 7.93. The highest BCUT2D eigenvalue weighted by Crippen LogP contribution is 2.39. The summed E-state index contributed by atoms with van der Waals surface area (Å²) in [5, 5.41) is 41.2. The highest BCUT2D eigenvalue weighted by Gasteiger charge is 2.50. The molecule has 0 bridgehead atoms. The molecular weight excluding hydrogens is 739 g/mol. The van der Waals surface area contributed by atoms with Gasteiger partial charge in [0.05, 0.1) is 36.3 Å². The van der Waals surface area contributed by atoms with Crippen LogP contribution in [0.15, 0.2) is 23.3 Å². The number of nitriles is 2. The average Bonchev–Trinajstić information content (AvgIpc) is 4.09. The second-order valence-corrected chi connectivity index (χ2v) is 18.2. The summed E-state index contributed by atoms with van der Waals surface area (Å²) in [4.78, 5) is 2.37. The molecule has 6 saturated heterocycles. The van der Waals surface area contributed by atoms with Crippen molar-refractivity contribution in [3.8, 4) is 12.1 Å². The molecule has 13 heteroatoms. The Morgan fingerprint density at radius 3 is 1.83 bits per heavy atom. The Kier molecular flexibility index (Phi) is 20.5. The first-order valence-electron chi connectivity index (χ1n) is 23.6. The Balaban J connectivity index is 0.000000154. The van der Waals surface area contributed by atoms with Crippen molar-refractivity contribution in [2.24, 2.45) is 35.5 Å². The largest absolute Gasteiger partial charge is 0.381 e. The first kappa shape index (κ1) is 48.1. The second-order valence-electron chi connectivity index (χ2n) is 18.2. The minimum atomic E-state index is -0.0906. The molecule has 9 aliphatic rings. The minimum Gasteiger partial charge on any atom is -0.381 e. The van der Waals surface area contributed by atoms with E-state index in [-0.39, 0.29) is 18.0 Å². The Hall–Kier alpha value is -1.98. The summed E-state index contributed by atoms with van der Waals surface area (Å²) < 4.78 is 11.4.